The van der Waals surface area contributed by atoms with Crippen molar-refractivity contribution in [2.45, 2.75) is 0 Å². The highest BCUT2D eigenvalue weighted by Crippen LogP contribution is 2.25. The molecule has 0 aliphatic rings. The molecule has 0 bridgehead atoms. The molecule has 1 N–H and O–H groups in total. The maximum atomic E-state index is 13.2. The fourth-order valence-corrected chi connectivity index (χ4v) is 2.07. The summed E-state index contributed by atoms with van der Waals surface area (Å²) in [5.41, 5.74) is 3.57. The van der Waals surface area contributed by atoms with Crippen LogP contribution < -0.4 is 0 Å². The minimum atomic E-state index is -0.246. The fourth-order valence-electron chi connectivity index (χ4n) is 2.07. The van der Waals surface area contributed by atoms with Crippen molar-refractivity contribution in [3.63, 3.8) is 0 Å². The molecule has 0 amide bonds. The zero-order valence-corrected chi connectivity index (χ0v) is 9.78. The number of aromatic nitrogens is 1. The number of fused-ring (bicyclic) bond motifs is 1. The summed E-state index contributed by atoms with van der Waals surface area (Å²) < 4.78 is 13.2. The Morgan fingerprint density at radius 2 is 1.83 bits per heavy atom. The topological polar surface area (TPSA) is 15.8 Å². The van der Waals surface area contributed by atoms with Gasteiger partial charge in [0.05, 0.1) is 0 Å². The predicted molar refractivity (Wildman–Crippen MR) is 72.8 cm³/mol. The van der Waals surface area contributed by atoms with Crippen molar-refractivity contribution in [3.8, 4) is 0 Å². The van der Waals surface area contributed by atoms with E-state index in [1.54, 1.807) is 6.07 Å². The highest BCUT2D eigenvalue weighted by atomic mass is 19.1. The second-order valence-electron chi connectivity index (χ2n) is 4.26. The molecule has 1 heterocycles. The first-order chi connectivity index (χ1) is 8.74. The lowest BCUT2D eigenvalue weighted by molar-refractivity contribution is 0.627. The third kappa shape index (κ3) is 1.82. The second-order valence-corrected chi connectivity index (χ2v) is 4.26. The molecule has 0 aliphatic heterocycles. The maximum Gasteiger partial charge on any atom is 0.123 e. The third-order valence-electron chi connectivity index (χ3n) is 3.03. The molecule has 88 valence electrons. The van der Waals surface area contributed by atoms with Crippen LogP contribution in [0, 0.1) is 5.82 Å². The van der Waals surface area contributed by atoms with Crippen molar-refractivity contribution in [1.29, 1.82) is 0 Å². The molecule has 0 fully saturated rings. The minimum Gasteiger partial charge on any atom is -0.355 e. The summed E-state index contributed by atoms with van der Waals surface area (Å²) in [6, 6.07) is 16.5. The number of H-pyrrole nitrogens is 1. The number of para-hydroxylation sites is 1. The zero-order valence-electron chi connectivity index (χ0n) is 9.78. The Kier molecular flexibility index (Phi) is 2.49. The van der Waals surface area contributed by atoms with Crippen LogP contribution in [0.2, 0.25) is 0 Å². The summed E-state index contributed by atoms with van der Waals surface area (Å²) in [5.74, 6) is -0.246. The van der Waals surface area contributed by atoms with Gasteiger partial charge in [0.1, 0.15) is 5.82 Å². The molecule has 1 aromatic heterocycles. The summed E-state index contributed by atoms with van der Waals surface area (Å²) in [7, 11) is 0. The van der Waals surface area contributed by atoms with Gasteiger partial charge in [0.15, 0.2) is 0 Å². The van der Waals surface area contributed by atoms with Crippen LogP contribution in [0.4, 0.5) is 4.39 Å². The van der Waals surface area contributed by atoms with Gasteiger partial charge in [-0.25, -0.2) is 4.39 Å². The summed E-state index contributed by atoms with van der Waals surface area (Å²) in [5, 5.41) is 1.13. The predicted octanol–water partition coefficient (Wildman–Crippen LogP) is 4.37. The Balaban J connectivity index is 2.06. The van der Waals surface area contributed by atoms with Crippen LogP contribution in [-0.4, -0.2) is 4.98 Å². The van der Waals surface area contributed by atoms with Gasteiger partial charge in [-0.05, 0) is 35.4 Å². The lowest BCUT2D eigenvalue weighted by atomic mass is 10.0. The quantitative estimate of drug-likeness (QED) is 0.681. The van der Waals surface area contributed by atoms with Crippen LogP contribution in [0.3, 0.4) is 0 Å². The van der Waals surface area contributed by atoms with E-state index in [9.17, 15) is 4.39 Å². The van der Waals surface area contributed by atoms with Crippen LogP contribution in [-0.2, 0) is 0 Å². The molecule has 3 aromatic rings. The zero-order chi connectivity index (χ0) is 12.5. The third-order valence-corrected chi connectivity index (χ3v) is 3.03. The maximum absolute atomic E-state index is 13.2. The van der Waals surface area contributed by atoms with Crippen LogP contribution in [0.25, 0.3) is 16.5 Å². The second kappa shape index (κ2) is 4.15. The standard InChI is InChI=1S/C16H12FN/c1-11(12-6-4-7-14(17)9-12)16-10-13-5-2-3-8-15(13)18-16/h2-10,18H,1H2. The molecule has 1 nitrogen and oxygen atoms in total. The van der Waals surface area contributed by atoms with Gasteiger partial charge >= 0.3 is 0 Å². The van der Waals surface area contributed by atoms with Gasteiger partial charge in [-0.2, -0.15) is 0 Å². The highest BCUT2D eigenvalue weighted by molar-refractivity contribution is 5.87. The SMILES string of the molecule is C=C(c1cccc(F)c1)c1cc2ccccc2[nH]1. The van der Waals surface area contributed by atoms with E-state index in [2.05, 4.69) is 11.6 Å². The first-order valence-electron chi connectivity index (χ1n) is 5.77. The lowest BCUT2D eigenvalue weighted by Gasteiger charge is -2.03. The van der Waals surface area contributed by atoms with Gasteiger partial charge in [-0.1, -0.05) is 36.9 Å². The van der Waals surface area contributed by atoms with Crippen molar-refractivity contribution >= 4 is 16.5 Å². The molecular formula is C16H12FN. The van der Waals surface area contributed by atoms with E-state index >= 15 is 0 Å². The molecule has 0 saturated heterocycles. The Bertz CT molecular complexity index is 692. The Labute approximate surface area is 105 Å². The van der Waals surface area contributed by atoms with Crippen molar-refractivity contribution in [2.75, 3.05) is 0 Å². The Hall–Kier alpha value is -2.35. The monoisotopic (exact) mass is 237 g/mol. The van der Waals surface area contributed by atoms with E-state index in [0.717, 1.165) is 27.7 Å². The van der Waals surface area contributed by atoms with Gasteiger partial charge in [-0.15, -0.1) is 0 Å². The summed E-state index contributed by atoms with van der Waals surface area (Å²) in [4.78, 5) is 3.29. The largest absolute Gasteiger partial charge is 0.355 e. The van der Waals surface area contributed by atoms with E-state index in [1.807, 2.05) is 36.4 Å². The van der Waals surface area contributed by atoms with Crippen LogP contribution in [0.5, 0.6) is 0 Å². The molecule has 0 unspecified atom stereocenters. The van der Waals surface area contributed by atoms with Crippen molar-refractivity contribution in [1.82, 2.24) is 4.98 Å². The Morgan fingerprint density at radius 3 is 2.61 bits per heavy atom. The van der Waals surface area contributed by atoms with Crippen molar-refractivity contribution in [2.24, 2.45) is 0 Å². The summed E-state index contributed by atoms with van der Waals surface area (Å²) >= 11 is 0. The van der Waals surface area contributed by atoms with E-state index in [1.165, 1.54) is 12.1 Å². The molecule has 2 aromatic carbocycles. The van der Waals surface area contributed by atoms with E-state index in [4.69, 9.17) is 0 Å². The number of hydrogen-bond acceptors (Lipinski definition) is 0. The molecule has 0 atom stereocenters. The highest BCUT2D eigenvalue weighted by Gasteiger charge is 2.06. The first kappa shape index (κ1) is 10.8. The van der Waals surface area contributed by atoms with E-state index in [0.29, 0.717) is 0 Å². The van der Waals surface area contributed by atoms with Crippen molar-refractivity contribution < 1.29 is 4.39 Å². The number of hydrogen-bond donors (Lipinski definition) is 1. The van der Waals surface area contributed by atoms with Crippen LogP contribution in [0.1, 0.15) is 11.3 Å². The molecule has 0 radical (unpaired) electrons. The fraction of sp³-hybridized carbons (Fsp3) is 0. The van der Waals surface area contributed by atoms with Crippen LogP contribution in [0.15, 0.2) is 61.2 Å². The van der Waals surface area contributed by atoms with E-state index in [-0.39, 0.29) is 5.82 Å². The lowest BCUT2D eigenvalue weighted by Crippen LogP contribution is -1.87. The van der Waals surface area contributed by atoms with Crippen molar-refractivity contribution in [3.05, 3.63) is 78.3 Å². The normalized spacial score (nSPS) is 10.7. The average Bonchev–Trinajstić information content (AvgIpc) is 2.81. The molecule has 18 heavy (non-hydrogen) atoms. The molecule has 0 spiro atoms. The van der Waals surface area contributed by atoms with Gasteiger partial charge in [0, 0.05) is 16.6 Å². The number of aromatic amines is 1. The average molecular weight is 237 g/mol. The number of benzene rings is 2. The number of rotatable bonds is 2. The van der Waals surface area contributed by atoms with Gasteiger partial charge in [0.25, 0.3) is 0 Å². The van der Waals surface area contributed by atoms with Gasteiger partial charge in [-0.3, -0.25) is 0 Å². The van der Waals surface area contributed by atoms with E-state index < -0.39 is 0 Å². The molecule has 0 aliphatic carbocycles. The Morgan fingerprint density at radius 1 is 1.00 bits per heavy atom. The molecule has 0 saturated carbocycles. The minimum absolute atomic E-state index is 0.246. The molecule has 2 heteroatoms. The number of nitrogens with one attached hydrogen (secondary N) is 1. The molecular weight excluding hydrogens is 225 g/mol. The first-order valence-corrected chi connectivity index (χ1v) is 5.77. The number of halogens is 1. The molecule has 3 rings (SSSR count). The van der Waals surface area contributed by atoms with Gasteiger partial charge in [0.2, 0.25) is 0 Å². The summed E-state index contributed by atoms with van der Waals surface area (Å²) in [6.07, 6.45) is 0. The summed E-state index contributed by atoms with van der Waals surface area (Å²) in [6.45, 7) is 4.03. The smallest absolute Gasteiger partial charge is 0.123 e. The van der Waals surface area contributed by atoms with Gasteiger partial charge < -0.3 is 4.98 Å². The van der Waals surface area contributed by atoms with Crippen LogP contribution >= 0.6 is 0 Å².